The third-order valence-electron chi connectivity index (χ3n) is 3.12. The quantitative estimate of drug-likeness (QED) is 0.802. The molecule has 1 aromatic rings. The summed E-state index contributed by atoms with van der Waals surface area (Å²) in [6.07, 6.45) is 0. The van der Waals surface area contributed by atoms with Crippen LogP contribution in [0.4, 0.5) is 4.79 Å². The van der Waals surface area contributed by atoms with Gasteiger partial charge in [0.1, 0.15) is 12.4 Å². The van der Waals surface area contributed by atoms with Gasteiger partial charge in [-0.25, -0.2) is 4.79 Å². The summed E-state index contributed by atoms with van der Waals surface area (Å²) < 4.78 is 17.3. The van der Waals surface area contributed by atoms with Crippen LogP contribution in [0.1, 0.15) is 33.3 Å². The summed E-state index contributed by atoms with van der Waals surface area (Å²) in [7, 11) is -0.964. The molecule has 0 aliphatic rings. The topological polar surface area (TPSA) is 67.4 Å². The summed E-state index contributed by atoms with van der Waals surface area (Å²) in [5.74, 6) is 1.24. The number of hydrogen-bond donors (Lipinski definition) is 2. The van der Waals surface area contributed by atoms with Gasteiger partial charge in [0.25, 0.3) is 0 Å². The Bertz CT molecular complexity index is 541. The molecule has 2 N–H and O–H groups in total. The summed E-state index contributed by atoms with van der Waals surface area (Å²) in [6.45, 7) is 10.4. The van der Waals surface area contributed by atoms with Crippen molar-refractivity contribution in [3.05, 3.63) is 29.8 Å². The largest absolute Gasteiger partial charge is 0.491 e. The molecule has 5 nitrogen and oxygen atoms in total. The molecule has 0 aliphatic carbocycles. The molecule has 2 unspecified atom stereocenters. The lowest BCUT2D eigenvalue weighted by Gasteiger charge is -2.18. The Kier molecular flexibility index (Phi) is 7.55. The number of aryl methyl sites for hydroxylation is 1. The van der Waals surface area contributed by atoms with Gasteiger partial charge in [0, 0.05) is 27.8 Å². The van der Waals surface area contributed by atoms with E-state index < -0.39 is 10.8 Å². The first kappa shape index (κ1) is 19.5. The highest BCUT2D eigenvalue weighted by atomic mass is 32.2. The van der Waals surface area contributed by atoms with Gasteiger partial charge < -0.3 is 15.4 Å². The monoisotopic (exact) mass is 340 g/mol. The van der Waals surface area contributed by atoms with Gasteiger partial charge in [0.05, 0.1) is 6.04 Å². The Balaban J connectivity index is 2.25. The van der Waals surface area contributed by atoms with E-state index in [0.29, 0.717) is 18.9 Å². The van der Waals surface area contributed by atoms with Gasteiger partial charge in [-0.05, 0) is 52.3 Å². The second-order valence-electron chi connectivity index (χ2n) is 6.59. The van der Waals surface area contributed by atoms with Crippen molar-refractivity contribution in [2.45, 2.75) is 45.4 Å². The first-order valence-corrected chi connectivity index (χ1v) is 9.12. The molecule has 1 rings (SSSR count). The summed E-state index contributed by atoms with van der Waals surface area (Å²) in [5.41, 5.74) is 1.13. The van der Waals surface area contributed by atoms with Crippen molar-refractivity contribution in [2.24, 2.45) is 0 Å². The van der Waals surface area contributed by atoms with E-state index in [4.69, 9.17) is 4.74 Å². The van der Waals surface area contributed by atoms with Crippen LogP contribution < -0.4 is 15.4 Å². The molecule has 1 aromatic carbocycles. The maximum Gasteiger partial charge on any atom is 0.315 e. The highest BCUT2D eigenvalue weighted by molar-refractivity contribution is 7.86. The van der Waals surface area contributed by atoms with Crippen LogP contribution in [0, 0.1) is 6.92 Å². The zero-order valence-electron chi connectivity index (χ0n) is 14.6. The van der Waals surface area contributed by atoms with Crippen LogP contribution in [0.3, 0.4) is 0 Å². The van der Waals surface area contributed by atoms with Gasteiger partial charge >= 0.3 is 6.03 Å². The predicted molar refractivity (Wildman–Crippen MR) is 95.4 cm³/mol. The number of nitrogens with one attached hydrogen (secondary N) is 2. The number of hydrogen-bond acceptors (Lipinski definition) is 3. The van der Waals surface area contributed by atoms with Crippen LogP contribution in [0.25, 0.3) is 0 Å². The minimum absolute atomic E-state index is 0.122. The molecule has 0 aliphatic heterocycles. The van der Waals surface area contributed by atoms with Crippen molar-refractivity contribution in [3.8, 4) is 5.75 Å². The average molecular weight is 340 g/mol. The summed E-state index contributed by atoms with van der Waals surface area (Å²) >= 11 is 0. The highest BCUT2D eigenvalue weighted by Crippen LogP contribution is 2.12. The van der Waals surface area contributed by atoms with Crippen molar-refractivity contribution in [2.75, 3.05) is 18.9 Å². The van der Waals surface area contributed by atoms with Gasteiger partial charge in [-0.3, -0.25) is 4.21 Å². The minimum atomic E-state index is -0.964. The van der Waals surface area contributed by atoms with Crippen LogP contribution in [-0.4, -0.2) is 39.9 Å². The van der Waals surface area contributed by atoms with E-state index in [1.165, 1.54) is 0 Å². The number of ether oxygens (including phenoxy) is 1. The first-order valence-electron chi connectivity index (χ1n) is 7.81. The van der Waals surface area contributed by atoms with E-state index in [9.17, 15) is 9.00 Å². The van der Waals surface area contributed by atoms with Crippen molar-refractivity contribution in [1.29, 1.82) is 0 Å². The third-order valence-corrected chi connectivity index (χ3v) is 5.06. The molecule has 0 fully saturated rings. The fourth-order valence-electron chi connectivity index (χ4n) is 1.81. The molecule has 0 aromatic heterocycles. The molecule has 0 spiro atoms. The summed E-state index contributed by atoms with van der Waals surface area (Å²) in [5, 5.41) is 5.53. The fraction of sp³-hybridized carbons (Fsp3) is 0.588. The summed E-state index contributed by atoms with van der Waals surface area (Å²) in [6, 6.07) is 7.39. The Hall–Kier alpha value is -1.56. The molecule has 2 amide bonds. The van der Waals surface area contributed by atoms with Crippen LogP contribution >= 0.6 is 0 Å². The number of benzene rings is 1. The number of rotatable bonds is 7. The van der Waals surface area contributed by atoms with Crippen molar-refractivity contribution in [1.82, 2.24) is 10.6 Å². The van der Waals surface area contributed by atoms with E-state index in [2.05, 4.69) is 10.6 Å². The van der Waals surface area contributed by atoms with Gasteiger partial charge in [0.2, 0.25) is 0 Å². The van der Waals surface area contributed by atoms with Crippen LogP contribution in [0.5, 0.6) is 5.75 Å². The molecule has 23 heavy (non-hydrogen) atoms. The fourth-order valence-corrected chi connectivity index (χ4v) is 2.71. The average Bonchev–Trinajstić information content (AvgIpc) is 2.44. The Morgan fingerprint density at radius 1 is 1.35 bits per heavy atom. The molecular weight excluding hydrogens is 312 g/mol. The number of amides is 2. The second-order valence-corrected chi connectivity index (χ2v) is 8.91. The normalized spacial score (nSPS) is 14.0. The Labute approximate surface area is 141 Å². The highest BCUT2D eigenvalue weighted by Gasteiger charge is 2.19. The van der Waals surface area contributed by atoms with E-state index in [1.54, 1.807) is 0 Å². The molecule has 0 radical (unpaired) electrons. The zero-order valence-corrected chi connectivity index (χ0v) is 15.5. The number of carbonyl (C=O) groups is 1. The number of carbonyl (C=O) groups excluding carboxylic acids is 1. The molecule has 0 saturated carbocycles. The van der Waals surface area contributed by atoms with Gasteiger partial charge in [0.15, 0.2) is 0 Å². The van der Waals surface area contributed by atoms with Crippen molar-refractivity contribution < 1.29 is 13.7 Å². The third kappa shape index (κ3) is 8.02. The maximum absolute atomic E-state index is 11.9. The van der Waals surface area contributed by atoms with Crippen molar-refractivity contribution >= 4 is 16.8 Å². The van der Waals surface area contributed by atoms with E-state index in [-0.39, 0.29) is 16.8 Å². The minimum Gasteiger partial charge on any atom is -0.491 e. The zero-order chi connectivity index (χ0) is 17.5. The van der Waals surface area contributed by atoms with Crippen LogP contribution in [0.2, 0.25) is 0 Å². The van der Waals surface area contributed by atoms with E-state index >= 15 is 0 Å². The first-order chi connectivity index (χ1) is 10.7. The SMILES string of the molecule is Cc1cccc(OCC(C)NC(=O)NCCS(=O)C(C)(C)C)c1. The smallest absolute Gasteiger partial charge is 0.315 e. The molecule has 0 heterocycles. The lowest BCUT2D eigenvalue weighted by molar-refractivity contribution is 0.227. The molecule has 0 saturated heterocycles. The standard InChI is InChI=1S/C17H28N2O3S/c1-13-7-6-8-15(11-13)22-12-14(2)19-16(20)18-9-10-23(21)17(3,4)5/h6-8,11,14H,9-10,12H2,1-5H3,(H2,18,19,20). The van der Waals surface area contributed by atoms with Crippen LogP contribution in [0.15, 0.2) is 24.3 Å². The van der Waals surface area contributed by atoms with Gasteiger partial charge in [-0.15, -0.1) is 0 Å². The lowest BCUT2D eigenvalue weighted by atomic mass is 10.2. The van der Waals surface area contributed by atoms with E-state index in [1.807, 2.05) is 58.9 Å². The predicted octanol–water partition coefficient (Wildman–Crippen LogP) is 2.61. The molecule has 6 heteroatoms. The molecular formula is C17H28N2O3S. The Morgan fingerprint density at radius 2 is 2.04 bits per heavy atom. The van der Waals surface area contributed by atoms with Gasteiger partial charge in [-0.1, -0.05) is 12.1 Å². The molecule has 130 valence electrons. The van der Waals surface area contributed by atoms with Gasteiger partial charge in [-0.2, -0.15) is 0 Å². The molecule has 2 atom stereocenters. The summed E-state index contributed by atoms with van der Waals surface area (Å²) in [4.78, 5) is 11.8. The lowest BCUT2D eigenvalue weighted by Crippen LogP contribution is -2.44. The van der Waals surface area contributed by atoms with Crippen LogP contribution in [-0.2, 0) is 10.8 Å². The molecule has 0 bridgehead atoms. The second kappa shape index (κ2) is 8.91. The Morgan fingerprint density at radius 3 is 2.65 bits per heavy atom. The maximum atomic E-state index is 11.9. The number of urea groups is 1. The van der Waals surface area contributed by atoms with Crippen molar-refractivity contribution in [3.63, 3.8) is 0 Å². The van der Waals surface area contributed by atoms with E-state index in [0.717, 1.165) is 11.3 Å².